The fraction of sp³-hybridized carbons (Fsp3) is 0.333. The molecule has 0 amide bonds. The van der Waals surface area contributed by atoms with Gasteiger partial charge in [0.1, 0.15) is 5.69 Å². The second-order valence-corrected chi connectivity index (χ2v) is 3.18. The van der Waals surface area contributed by atoms with Gasteiger partial charge in [-0.3, -0.25) is 4.98 Å². The van der Waals surface area contributed by atoms with Crippen molar-refractivity contribution in [1.29, 1.82) is 5.26 Å². The van der Waals surface area contributed by atoms with Crippen LogP contribution in [-0.4, -0.2) is 4.98 Å². The number of nitrogens with zero attached hydrogens (tertiary/aromatic N) is 2. The fourth-order valence-electron chi connectivity index (χ4n) is 1.19. The van der Waals surface area contributed by atoms with Crippen LogP contribution in [0.4, 0.5) is 8.78 Å². The summed E-state index contributed by atoms with van der Waals surface area (Å²) in [5.41, 5.74) is 5.76. The van der Waals surface area contributed by atoms with E-state index in [2.05, 4.69) is 4.98 Å². The molecule has 0 unspecified atom stereocenters. The van der Waals surface area contributed by atoms with Gasteiger partial charge in [-0.2, -0.15) is 5.26 Å². The molecule has 0 saturated carbocycles. The second-order valence-electron chi connectivity index (χ2n) is 2.80. The van der Waals surface area contributed by atoms with Crippen LogP contribution in [0.15, 0.2) is 6.20 Å². The molecule has 3 nitrogen and oxygen atoms in total. The molecule has 0 bridgehead atoms. The molecule has 6 heteroatoms. The predicted molar refractivity (Wildman–Crippen MR) is 51.4 cm³/mol. The first kappa shape index (κ1) is 11.8. The predicted octanol–water partition coefficient (Wildman–Crippen LogP) is 2.20. The SMILES string of the molecule is N#CCc1cnc(C(F)F)c(Cl)c1CN. The zero-order valence-electron chi connectivity index (χ0n) is 7.67. The van der Waals surface area contributed by atoms with Crippen LogP contribution in [0, 0.1) is 11.3 Å². The summed E-state index contributed by atoms with van der Waals surface area (Å²) < 4.78 is 24.8. The van der Waals surface area contributed by atoms with Gasteiger partial charge in [0.05, 0.1) is 17.5 Å². The van der Waals surface area contributed by atoms with Crippen molar-refractivity contribution >= 4 is 11.6 Å². The first-order valence-corrected chi connectivity index (χ1v) is 4.51. The Balaban J connectivity index is 3.27. The van der Waals surface area contributed by atoms with E-state index in [1.807, 2.05) is 6.07 Å². The second kappa shape index (κ2) is 5.01. The van der Waals surface area contributed by atoms with Crippen molar-refractivity contribution in [1.82, 2.24) is 4.98 Å². The summed E-state index contributed by atoms with van der Waals surface area (Å²) in [4.78, 5) is 3.52. The lowest BCUT2D eigenvalue weighted by molar-refractivity contribution is 0.146. The first-order chi connectivity index (χ1) is 7.11. The first-order valence-electron chi connectivity index (χ1n) is 4.13. The van der Waals surface area contributed by atoms with Gasteiger partial charge < -0.3 is 5.73 Å². The monoisotopic (exact) mass is 231 g/mol. The molecular formula is C9H8ClF2N3. The largest absolute Gasteiger partial charge is 0.326 e. The highest BCUT2D eigenvalue weighted by Gasteiger charge is 2.18. The molecule has 0 aliphatic rings. The van der Waals surface area contributed by atoms with Crippen LogP contribution in [0.25, 0.3) is 0 Å². The summed E-state index contributed by atoms with van der Waals surface area (Å²) >= 11 is 5.71. The number of rotatable bonds is 3. The van der Waals surface area contributed by atoms with Gasteiger partial charge in [0.2, 0.25) is 0 Å². The fourth-order valence-corrected chi connectivity index (χ4v) is 1.52. The van der Waals surface area contributed by atoms with Crippen LogP contribution in [-0.2, 0) is 13.0 Å². The number of alkyl halides is 2. The molecule has 1 aromatic heterocycles. The lowest BCUT2D eigenvalue weighted by Crippen LogP contribution is -2.06. The highest BCUT2D eigenvalue weighted by Crippen LogP contribution is 2.29. The maximum absolute atomic E-state index is 12.4. The van der Waals surface area contributed by atoms with Crippen LogP contribution in [0.3, 0.4) is 0 Å². The van der Waals surface area contributed by atoms with E-state index < -0.39 is 12.1 Å². The topological polar surface area (TPSA) is 62.7 Å². The van der Waals surface area contributed by atoms with E-state index in [-0.39, 0.29) is 18.0 Å². The Bertz CT molecular complexity index is 401. The zero-order chi connectivity index (χ0) is 11.4. The molecule has 0 fully saturated rings. The van der Waals surface area contributed by atoms with E-state index in [0.717, 1.165) is 0 Å². The minimum atomic E-state index is -2.74. The molecule has 15 heavy (non-hydrogen) atoms. The molecule has 0 aliphatic carbocycles. The van der Waals surface area contributed by atoms with Crippen molar-refractivity contribution in [2.24, 2.45) is 5.73 Å². The van der Waals surface area contributed by atoms with E-state index in [4.69, 9.17) is 22.6 Å². The van der Waals surface area contributed by atoms with E-state index in [1.54, 1.807) is 0 Å². The number of aromatic nitrogens is 1. The Morgan fingerprint density at radius 1 is 1.60 bits per heavy atom. The third kappa shape index (κ3) is 2.41. The molecule has 0 atom stereocenters. The Labute approximate surface area is 90.5 Å². The highest BCUT2D eigenvalue weighted by molar-refractivity contribution is 6.32. The van der Waals surface area contributed by atoms with Crippen LogP contribution in [0.2, 0.25) is 5.02 Å². The van der Waals surface area contributed by atoms with E-state index >= 15 is 0 Å². The van der Waals surface area contributed by atoms with Gasteiger partial charge >= 0.3 is 0 Å². The van der Waals surface area contributed by atoms with Gasteiger partial charge in [-0.15, -0.1) is 0 Å². The van der Waals surface area contributed by atoms with Crippen molar-refractivity contribution in [2.45, 2.75) is 19.4 Å². The Hall–Kier alpha value is -1.25. The summed E-state index contributed by atoms with van der Waals surface area (Å²) in [5.74, 6) is 0. The number of halogens is 3. The van der Waals surface area contributed by atoms with E-state index in [1.165, 1.54) is 6.20 Å². The van der Waals surface area contributed by atoms with Gasteiger partial charge in [-0.25, -0.2) is 8.78 Å². The average molecular weight is 232 g/mol. The van der Waals surface area contributed by atoms with Gasteiger partial charge in [-0.1, -0.05) is 11.6 Å². The number of nitriles is 1. The van der Waals surface area contributed by atoms with Crippen molar-refractivity contribution in [3.8, 4) is 6.07 Å². The molecule has 0 radical (unpaired) electrons. The maximum Gasteiger partial charge on any atom is 0.281 e. The molecule has 80 valence electrons. The number of hydrogen-bond donors (Lipinski definition) is 1. The summed E-state index contributed by atoms with van der Waals surface area (Å²) in [6, 6.07) is 1.89. The molecule has 1 heterocycles. The molecule has 1 aromatic rings. The van der Waals surface area contributed by atoms with Crippen molar-refractivity contribution in [3.63, 3.8) is 0 Å². The smallest absolute Gasteiger partial charge is 0.281 e. The van der Waals surface area contributed by atoms with Crippen LogP contribution in [0.5, 0.6) is 0 Å². The number of pyridine rings is 1. The molecule has 2 N–H and O–H groups in total. The van der Waals surface area contributed by atoms with Gasteiger partial charge in [0.25, 0.3) is 6.43 Å². The quantitative estimate of drug-likeness (QED) is 0.867. The average Bonchev–Trinajstić information content (AvgIpc) is 2.18. The number of hydrogen-bond acceptors (Lipinski definition) is 3. The van der Waals surface area contributed by atoms with Gasteiger partial charge in [-0.05, 0) is 11.1 Å². The van der Waals surface area contributed by atoms with E-state index in [0.29, 0.717) is 11.1 Å². The molecular weight excluding hydrogens is 224 g/mol. The molecule has 0 aromatic carbocycles. The van der Waals surface area contributed by atoms with E-state index in [9.17, 15) is 8.78 Å². The Morgan fingerprint density at radius 2 is 2.27 bits per heavy atom. The third-order valence-corrected chi connectivity index (χ3v) is 2.34. The van der Waals surface area contributed by atoms with Gasteiger partial charge in [0, 0.05) is 12.7 Å². The normalized spacial score (nSPS) is 10.4. The third-order valence-electron chi connectivity index (χ3n) is 1.92. The molecule has 0 saturated heterocycles. The maximum atomic E-state index is 12.4. The standard InChI is InChI=1S/C9H8ClF2N3/c10-7-6(3-14)5(1-2-13)4-15-8(7)9(11)12/h4,9H,1,3,14H2. The summed E-state index contributed by atoms with van der Waals surface area (Å²) in [7, 11) is 0. The molecule has 1 rings (SSSR count). The minimum Gasteiger partial charge on any atom is -0.326 e. The lowest BCUT2D eigenvalue weighted by Gasteiger charge is -2.10. The van der Waals surface area contributed by atoms with Crippen LogP contribution < -0.4 is 5.73 Å². The summed E-state index contributed by atoms with van der Waals surface area (Å²) in [6.07, 6.45) is -1.46. The molecule has 0 spiro atoms. The summed E-state index contributed by atoms with van der Waals surface area (Å²) in [5, 5.41) is 8.36. The zero-order valence-corrected chi connectivity index (χ0v) is 8.43. The lowest BCUT2D eigenvalue weighted by atomic mass is 10.1. The van der Waals surface area contributed by atoms with Crippen LogP contribution >= 0.6 is 11.6 Å². The minimum absolute atomic E-state index is 0.0120. The van der Waals surface area contributed by atoms with Gasteiger partial charge in [0.15, 0.2) is 0 Å². The Kier molecular flexibility index (Phi) is 3.95. The highest BCUT2D eigenvalue weighted by atomic mass is 35.5. The number of nitrogens with two attached hydrogens (primary N) is 1. The summed E-state index contributed by atoms with van der Waals surface area (Å²) in [6.45, 7) is 0.0120. The Morgan fingerprint density at radius 3 is 2.73 bits per heavy atom. The molecule has 0 aliphatic heterocycles. The van der Waals surface area contributed by atoms with Crippen molar-refractivity contribution in [2.75, 3.05) is 0 Å². The van der Waals surface area contributed by atoms with Crippen molar-refractivity contribution < 1.29 is 8.78 Å². The van der Waals surface area contributed by atoms with Crippen LogP contribution in [0.1, 0.15) is 23.2 Å². The van der Waals surface area contributed by atoms with Crippen molar-refractivity contribution in [3.05, 3.63) is 28.0 Å².